The average Bonchev–Trinajstić information content (AvgIpc) is 2.75. The second kappa shape index (κ2) is 9.34. The van der Waals surface area contributed by atoms with Gasteiger partial charge in [0, 0.05) is 17.8 Å². The molecule has 0 aliphatic carbocycles. The van der Waals surface area contributed by atoms with Gasteiger partial charge in [-0.1, -0.05) is 17.7 Å². The Labute approximate surface area is 190 Å². The van der Waals surface area contributed by atoms with E-state index in [2.05, 4.69) is 5.10 Å². The summed E-state index contributed by atoms with van der Waals surface area (Å²) in [5, 5.41) is 12.9. The Morgan fingerprint density at radius 3 is 2.61 bits per heavy atom. The molecule has 0 atom stereocenters. The van der Waals surface area contributed by atoms with Crippen molar-refractivity contribution in [2.24, 2.45) is 0 Å². The van der Waals surface area contributed by atoms with Crippen LogP contribution < -0.4 is 14.9 Å². The third kappa shape index (κ3) is 5.15. The summed E-state index contributed by atoms with van der Waals surface area (Å²) in [6.07, 6.45) is -4.59. The van der Waals surface area contributed by atoms with E-state index < -0.39 is 28.8 Å². The van der Waals surface area contributed by atoms with Crippen molar-refractivity contribution < 1.29 is 27.4 Å². The summed E-state index contributed by atoms with van der Waals surface area (Å²) in [4.78, 5) is 25.2. The first-order chi connectivity index (χ1) is 15.5. The molecule has 0 bridgehead atoms. The largest absolute Gasteiger partial charge is 0.490 e. The average molecular weight is 478 g/mol. The molecule has 11 heteroatoms. The molecule has 0 aliphatic rings. The lowest BCUT2D eigenvalue weighted by molar-refractivity contribution is -0.137. The molecular formula is C22H15ClF3N3O4. The SMILES string of the molecule is CCOc1cc(C#N)cc(Cl)c1OC(=O)c1nn(-c2cccc(C(F)(F)F)c2)c(C)cc1=O. The summed E-state index contributed by atoms with van der Waals surface area (Å²) in [6, 6.07) is 9.74. The number of esters is 1. The van der Waals surface area contributed by atoms with Crippen molar-refractivity contribution in [2.45, 2.75) is 20.0 Å². The highest BCUT2D eigenvalue weighted by Gasteiger charge is 2.31. The Morgan fingerprint density at radius 1 is 1.24 bits per heavy atom. The van der Waals surface area contributed by atoms with Gasteiger partial charge in [-0.2, -0.15) is 23.5 Å². The van der Waals surface area contributed by atoms with Crippen LogP contribution in [0.3, 0.4) is 0 Å². The van der Waals surface area contributed by atoms with Crippen molar-refractivity contribution in [2.75, 3.05) is 6.61 Å². The first-order valence-corrected chi connectivity index (χ1v) is 9.80. The lowest BCUT2D eigenvalue weighted by Crippen LogP contribution is -2.26. The molecule has 0 aliphatic heterocycles. The van der Waals surface area contributed by atoms with Gasteiger partial charge in [0.05, 0.1) is 34.5 Å². The monoisotopic (exact) mass is 477 g/mol. The lowest BCUT2D eigenvalue weighted by Gasteiger charge is -2.14. The molecule has 0 spiro atoms. The van der Waals surface area contributed by atoms with Crippen LogP contribution in [0, 0.1) is 18.3 Å². The van der Waals surface area contributed by atoms with Gasteiger partial charge in [0.1, 0.15) is 0 Å². The number of benzene rings is 2. The predicted octanol–water partition coefficient (Wildman–Crippen LogP) is 4.70. The van der Waals surface area contributed by atoms with E-state index in [0.717, 1.165) is 22.9 Å². The number of aryl methyl sites for hydroxylation is 1. The van der Waals surface area contributed by atoms with Crippen molar-refractivity contribution >= 4 is 17.6 Å². The quantitative estimate of drug-likeness (QED) is 0.390. The normalized spacial score (nSPS) is 11.1. The van der Waals surface area contributed by atoms with E-state index in [1.807, 2.05) is 6.07 Å². The van der Waals surface area contributed by atoms with E-state index in [9.17, 15) is 22.8 Å². The van der Waals surface area contributed by atoms with Crippen LogP contribution in [-0.4, -0.2) is 22.4 Å². The van der Waals surface area contributed by atoms with Gasteiger partial charge in [0.25, 0.3) is 0 Å². The second-order valence-electron chi connectivity index (χ2n) is 6.68. The number of nitriles is 1. The molecule has 0 saturated heterocycles. The van der Waals surface area contributed by atoms with E-state index in [-0.39, 0.29) is 40.1 Å². The zero-order chi connectivity index (χ0) is 24.3. The molecule has 2 aromatic carbocycles. The number of carbonyl (C=O) groups is 1. The molecule has 0 N–H and O–H groups in total. The van der Waals surface area contributed by atoms with Crippen LogP contribution in [0.4, 0.5) is 13.2 Å². The zero-order valence-corrected chi connectivity index (χ0v) is 18.0. The number of ether oxygens (including phenoxy) is 2. The van der Waals surface area contributed by atoms with Crippen LogP contribution in [0.25, 0.3) is 5.69 Å². The number of rotatable bonds is 5. The molecule has 1 heterocycles. The molecule has 3 aromatic rings. The number of alkyl halides is 3. The first kappa shape index (κ1) is 23.8. The highest BCUT2D eigenvalue weighted by Crippen LogP contribution is 2.37. The van der Waals surface area contributed by atoms with Gasteiger partial charge >= 0.3 is 12.1 Å². The smallest absolute Gasteiger partial charge is 0.416 e. The molecule has 0 amide bonds. The Bertz CT molecular complexity index is 1330. The van der Waals surface area contributed by atoms with Gasteiger partial charge in [-0.15, -0.1) is 0 Å². The van der Waals surface area contributed by atoms with Gasteiger partial charge in [0.15, 0.2) is 11.5 Å². The summed E-state index contributed by atoms with van der Waals surface area (Å²) in [6.45, 7) is 3.28. The van der Waals surface area contributed by atoms with Crippen LogP contribution in [0.2, 0.25) is 5.02 Å². The maximum absolute atomic E-state index is 13.1. The maximum atomic E-state index is 13.1. The topological polar surface area (TPSA) is 94.2 Å². The third-order valence-electron chi connectivity index (χ3n) is 4.35. The van der Waals surface area contributed by atoms with E-state index in [1.54, 1.807) is 6.92 Å². The minimum absolute atomic E-state index is 0.000200. The number of hydrogen-bond donors (Lipinski definition) is 0. The van der Waals surface area contributed by atoms with Crippen LogP contribution in [0.5, 0.6) is 11.5 Å². The Balaban J connectivity index is 2.05. The Morgan fingerprint density at radius 2 is 1.97 bits per heavy atom. The van der Waals surface area contributed by atoms with Crippen LogP contribution >= 0.6 is 11.6 Å². The summed E-state index contributed by atoms with van der Waals surface area (Å²) in [5.74, 6) is -1.43. The third-order valence-corrected chi connectivity index (χ3v) is 4.63. The molecule has 3 rings (SSSR count). The van der Waals surface area contributed by atoms with Crippen LogP contribution in [0.15, 0.2) is 47.3 Å². The molecule has 0 radical (unpaired) electrons. The second-order valence-corrected chi connectivity index (χ2v) is 7.09. The fourth-order valence-corrected chi connectivity index (χ4v) is 3.15. The van der Waals surface area contributed by atoms with Crippen molar-refractivity contribution in [1.29, 1.82) is 5.26 Å². The van der Waals surface area contributed by atoms with Gasteiger partial charge in [-0.3, -0.25) is 4.79 Å². The molecule has 170 valence electrons. The Kier molecular flexibility index (Phi) is 6.74. The highest BCUT2D eigenvalue weighted by atomic mass is 35.5. The lowest BCUT2D eigenvalue weighted by atomic mass is 10.2. The number of nitrogens with zero attached hydrogens (tertiary/aromatic N) is 3. The first-order valence-electron chi connectivity index (χ1n) is 9.42. The molecule has 1 aromatic heterocycles. The van der Waals surface area contributed by atoms with Crippen molar-refractivity contribution in [3.05, 3.63) is 80.2 Å². The predicted molar refractivity (Wildman–Crippen MR) is 112 cm³/mol. The van der Waals surface area contributed by atoms with Gasteiger partial charge in [-0.25, -0.2) is 9.48 Å². The molecular weight excluding hydrogens is 463 g/mol. The van der Waals surface area contributed by atoms with Crippen molar-refractivity contribution in [3.8, 4) is 23.3 Å². The molecule has 7 nitrogen and oxygen atoms in total. The molecule has 0 saturated carbocycles. The van der Waals surface area contributed by atoms with Crippen LogP contribution in [0.1, 0.15) is 34.2 Å². The van der Waals surface area contributed by atoms with Gasteiger partial charge < -0.3 is 9.47 Å². The molecule has 33 heavy (non-hydrogen) atoms. The fourth-order valence-electron chi connectivity index (χ4n) is 2.90. The van der Waals surface area contributed by atoms with Crippen molar-refractivity contribution in [3.63, 3.8) is 0 Å². The summed E-state index contributed by atoms with van der Waals surface area (Å²) in [7, 11) is 0. The standard InChI is InChI=1S/C22H15ClF3N3O4/c1-3-32-18-9-13(11-27)8-16(23)20(18)33-21(31)19-17(30)7-12(2)29(28-19)15-6-4-5-14(10-15)22(24,25)26/h4-10H,3H2,1-2H3. The molecule has 0 unspecified atom stereocenters. The number of aromatic nitrogens is 2. The minimum atomic E-state index is -4.59. The molecule has 0 fully saturated rings. The number of hydrogen-bond acceptors (Lipinski definition) is 6. The number of carbonyl (C=O) groups excluding carboxylic acids is 1. The van der Waals surface area contributed by atoms with Gasteiger partial charge in [-0.05, 0) is 38.1 Å². The maximum Gasteiger partial charge on any atom is 0.416 e. The van der Waals surface area contributed by atoms with E-state index in [1.165, 1.54) is 31.2 Å². The number of halogens is 4. The zero-order valence-electron chi connectivity index (χ0n) is 17.2. The van der Waals surface area contributed by atoms with Crippen LogP contribution in [-0.2, 0) is 6.18 Å². The fraction of sp³-hybridized carbons (Fsp3) is 0.182. The Hall–Kier alpha value is -3.84. The summed E-state index contributed by atoms with van der Waals surface area (Å²) >= 11 is 6.11. The summed E-state index contributed by atoms with van der Waals surface area (Å²) < 4.78 is 50.9. The van der Waals surface area contributed by atoms with Crippen molar-refractivity contribution in [1.82, 2.24) is 9.78 Å². The minimum Gasteiger partial charge on any atom is -0.490 e. The van der Waals surface area contributed by atoms with E-state index >= 15 is 0 Å². The van der Waals surface area contributed by atoms with E-state index in [0.29, 0.717) is 0 Å². The van der Waals surface area contributed by atoms with E-state index in [4.69, 9.17) is 26.3 Å². The highest BCUT2D eigenvalue weighted by molar-refractivity contribution is 6.32. The van der Waals surface area contributed by atoms with Gasteiger partial charge in [0.2, 0.25) is 11.1 Å². The summed E-state index contributed by atoms with van der Waals surface area (Å²) in [5.41, 5.74) is -2.06.